The molecule has 0 amide bonds. The van der Waals surface area contributed by atoms with Gasteiger partial charge < -0.3 is 15.2 Å². The number of nitrogens with one attached hydrogen (secondary N) is 1. The standard InChI is InChI=1S/C14H15NO3S/c1-18-10-4-5-12(14(16)17)13(9-10)15-7-6-11-3-2-8-19-11/h2-5,8-9,15H,6-7H2,1H3,(H,16,17). The summed E-state index contributed by atoms with van der Waals surface area (Å²) in [5, 5.41) is 14.3. The molecule has 0 spiro atoms. The van der Waals surface area contributed by atoms with Crippen molar-refractivity contribution in [1.82, 2.24) is 0 Å². The van der Waals surface area contributed by atoms with Crippen LogP contribution in [0.4, 0.5) is 5.69 Å². The van der Waals surface area contributed by atoms with Gasteiger partial charge in [0, 0.05) is 17.5 Å². The summed E-state index contributed by atoms with van der Waals surface area (Å²) in [4.78, 5) is 12.4. The molecule has 0 atom stereocenters. The summed E-state index contributed by atoms with van der Waals surface area (Å²) in [5.41, 5.74) is 0.843. The van der Waals surface area contributed by atoms with E-state index >= 15 is 0 Å². The predicted molar refractivity (Wildman–Crippen MR) is 76.5 cm³/mol. The van der Waals surface area contributed by atoms with Crippen molar-refractivity contribution >= 4 is 23.0 Å². The molecule has 4 nitrogen and oxygen atoms in total. The highest BCUT2D eigenvalue weighted by molar-refractivity contribution is 7.09. The van der Waals surface area contributed by atoms with Gasteiger partial charge in [0.1, 0.15) is 5.75 Å². The fraction of sp³-hybridized carbons (Fsp3) is 0.214. The molecule has 1 aromatic heterocycles. The lowest BCUT2D eigenvalue weighted by Crippen LogP contribution is -2.09. The van der Waals surface area contributed by atoms with Crippen LogP contribution in [0, 0.1) is 0 Å². The maximum atomic E-state index is 11.1. The molecule has 2 N–H and O–H groups in total. The van der Waals surface area contributed by atoms with E-state index in [1.807, 2.05) is 11.4 Å². The number of carboxylic acids is 1. The minimum absolute atomic E-state index is 0.256. The predicted octanol–water partition coefficient (Wildman–Crippen LogP) is 3.11. The molecule has 0 unspecified atom stereocenters. The van der Waals surface area contributed by atoms with Crippen molar-refractivity contribution < 1.29 is 14.6 Å². The Bertz CT molecular complexity index is 552. The molecule has 0 saturated carbocycles. The van der Waals surface area contributed by atoms with Crippen molar-refractivity contribution in [1.29, 1.82) is 0 Å². The molecule has 0 bridgehead atoms. The second kappa shape index (κ2) is 6.24. The van der Waals surface area contributed by atoms with E-state index in [0.717, 1.165) is 6.42 Å². The normalized spacial score (nSPS) is 10.2. The van der Waals surface area contributed by atoms with Crippen LogP contribution in [0.25, 0.3) is 0 Å². The molecule has 0 radical (unpaired) electrons. The van der Waals surface area contributed by atoms with Crippen molar-refractivity contribution in [3.8, 4) is 5.75 Å². The SMILES string of the molecule is COc1ccc(C(=O)O)c(NCCc2cccs2)c1. The number of hydrogen-bond acceptors (Lipinski definition) is 4. The maximum Gasteiger partial charge on any atom is 0.337 e. The van der Waals surface area contributed by atoms with Crippen molar-refractivity contribution in [2.75, 3.05) is 19.0 Å². The van der Waals surface area contributed by atoms with Crippen molar-refractivity contribution in [3.05, 3.63) is 46.2 Å². The molecule has 0 aliphatic carbocycles. The van der Waals surface area contributed by atoms with Crippen LogP contribution < -0.4 is 10.1 Å². The van der Waals surface area contributed by atoms with Gasteiger partial charge >= 0.3 is 5.97 Å². The summed E-state index contributed by atoms with van der Waals surface area (Å²) in [7, 11) is 1.56. The second-order valence-corrected chi connectivity index (χ2v) is 5.01. The Morgan fingerprint density at radius 2 is 2.26 bits per heavy atom. The minimum Gasteiger partial charge on any atom is -0.497 e. The number of carboxylic acid groups (broad SMARTS) is 1. The lowest BCUT2D eigenvalue weighted by atomic mass is 10.1. The number of hydrogen-bond donors (Lipinski definition) is 2. The zero-order chi connectivity index (χ0) is 13.7. The first-order valence-electron chi connectivity index (χ1n) is 5.88. The van der Waals surface area contributed by atoms with E-state index in [0.29, 0.717) is 18.0 Å². The Hall–Kier alpha value is -2.01. The van der Waals surface area contributed by atoms with Crippen molar-refractivity contribution in [3.63, 3.8) is 0 Å². The molecule has 100 valence electrons. The second-order valence-electron chi connectivity index (χ2n) is 3.97. The first kappa shape index (κ1) is 13.4. The Morgan fingerprint density at radius 3 is 2.89 bits per heavy atom. The monoisotopic (exact) mass is 277 g/mol. The summed E-state index contributed by atoms with van der Waals surface area (Å²) in [6.45, 7) is 0.688. The number of thiophene rings is 1. The zero-order valence-corrected chi connectivity index (χ0v) is 11.4. The minimum atomic E-state index is -0.943. The van der Waals surface area contributed by atoms with Gasteiger partial charge in [0.2, 0.25) is 0 Å². The Balaban J connectivity index is 2.06. The van der Waals surface area contributed by atoms with E-state index in [2.05, 4.69) is 11.4 Å². The average molecular weight is 277 g/mol. The average Bonchev–Trinajstić information content (AvgIpc) is 2.91. The summed E-state index contributed by atoms with van der Waals surface area (Å²) in [6.07, 6.45) is 0.869. The van der Waals surface area contributed by atoms with Crippen LogP contribution in [0.5, 0.6) is 5.75 Å². The van der Waals surface area contributed by atoms with E-state index in [1.54, 1.807) is 36.6 Å². The van der Waals surface area contributed by atoms with Gasteiger partial charge in [0.15, 0.2) is 0 Å². The molecule has 0 fully saturated rings. The van der Waals surface area contributed by atoms with E-state index in [9.17, 15) is 4.79 Å². The molecule has 2 rings (SSSR count). The fourth-order valence-electron chi connectivity index (χ4n) is 1.76. The maximum absolute atomic E-state index is 11.1. The molecule has 0 aliphatic rings. The number of aromatic carboxylic acids is 1. The van der Waals surface area contributed by atoms with Gasteiger partial charge in [-0.05, 0) is 30.0 Å². The summed E-state index contributed by atoms with van der Waals surface area (Å²) >= 11 is 1.70. The van der Waals surface area contributed by atoms with Gasteiger partial charge in [0.05, 0.1) is 18.4 Å². The molecule has 1 aromatic carbocycles. The number of rotatable bonds is 6. The van der Waals surface area contributed by atoms with Crippen LogP contribution in [0.2, 0.25) is 0 Å². The molecular weight excluding hydrogens is 262 g/mol. The lowest BCUT2D eigenvalue weighted by Gasteiger charge is -2.10. The molecule has 0 aliphatic heterocycles. The quantitative estimate of drug-likeness (QED) is 0.851. The van der Waals surface area contributed by atoms with Crippen molar-refractivity contribution in [2.24, 2.45) is 0 Å². The first-order chi connectivity index (χ1) is 9.20. The molecule has 1 heterocycles. The number of benzene rings is 1. The van der Waals surface area contributed by atoms with E-state index in [4.69, 9.17) is 9.84 Å². The Morgan fingerprint density at radius 1 is 1.42 bits per heavy atom. The number of anilines is 1. The van der Waals surface area contributed by atoms with Crippen LogP contribution in [0.3, 0.4) is 0 Å². The number of carbonyl (C=O) groups is 1. The third-order valence-corrected chi connectivity index (χ3v) is 3.66. The first-order valence-corrected chi connectivity index (χ1v) is 6.76. The molecule has 5 heteroatoms. The molecular formula is C14H15NO3S. The van der Waals surface area contributed by atoms with Crippen LogP contribution >= 0.6 is 11.3 Å². The molecule has 0 saturated heterocycles. The van der Waals surface area contributed by atoms with E-state index < -0.39 is 5.97 Å². The zero-order valence-electron chi connectivity index (χ0n) is 10.6. The lowest BCUT2D eigenvalue weighted by molar-refractivity contribution is 0.0698. The smallest absolute Gasteiger partial charge is 0.337 e. The number of ether oxygens (including phenoxy) is 1. The largest absolute Gasteiger partial charge is 0.497 e. The van der Waals surface area contributed by atoms with Gasteiger partial charge in [0.25, 0.3) is 0 Å². The van der Waals surface area contributed by atoms with Gasteiger partial charge in [-0.15, -0.1) is 11.3 Å². The third-order valence-electron chi connectivity index (χ3n) is 2.72. The van der Waals surface area contributed by atoms with Crippen molar-refractivity contribution in [2.45, 2.75) is 6.42 Å². The van der Waals surface area contributed by atoms with E-state index in [1.165, 1.54) is 4.88 Å². The summed E-state index contributed by atoms with van der Waals surface area (Å²) in [5.74, 6) is -0.301. The summed E-state index contributed by atoms with van der Waals surface area (Å²) in [6, 6.07) is 8.98. The molecule has 2 aromatic rings. The van der Waals surface area contributed by atoms with Gasteiger partial charge in [-0.3, -0.25) is 0 Å². The van der Waals surface area contributed by atoms with Gasteiger partial charge in [-0.1, -0.05) is 6.07 Å². The van der Waals surface area contributed by atoms with Crippen LogP contribution in [-0.2, 0) is 6.42 Å². The van der Waals surface area contributed by atoms with Gasteiger partial charge in [-0.2, -0.15) is 0 Å². The fourth-order valence-corrected chi connectivity index (χ4v) is 2.47. The highest BCUT2D eigenvalue weighted by Crippen LogP contribution is 2.22. The third kappa shape index (κ3) is 3.48. The van der Waals surface area contributed by atoms with Crippen LogP contribution in [0.15, 0.2) is 35.7 Å². The highest BCUT2D eigenvalue weighted by Gasteiger charge is 2.10. The Labute approximate surface area is 115 Å². The summed E-state index contributed by atoms with van der Waals surface area (Å²) < 4.78 is 5.11. The topological polar surface area (TPSA) is 58.6 Å². The van der Waals surface area contributed by atoms with Crippen LogP contribution in [0.1, 0.15) is 15.2 Å². The number of methoxy groups -OCH3 is 1. The van der Waals surface area contributed by atoms with Gasteiger partial charge in [-0.25, -0.2) is 4.79 Å². The highest BCUT2D eigenvalue weighted by atomic mass is 32.1. The van der Waals surface area contributed by atoms with Crippen LogP contribution in [-0.4, -0.2) is 24.7 Å². The molecule has 19 heavy (non-hydrogen) atoms. The Kier molecular flexibility index (Phi) is 4.41. The van der Waals surface area contributed by atoms with E-state index in [-0.39, 0.29) is 5.56 Å².